The molecule has 0 saturated carbocycles. The maximum absolute atomic E-state index is 5.23. The van der Waals surface area contributed by atoms with Crippen LogP contribution in [0.15, 0.2) is 77.6 Å². The summed E-state index contributed by atoms with van der Waals surface area (Å²) in [5.41, 5.74) is 14.6. The molecule has 2 aliphatic rings. The maximum atomic E-state index is 5.23. The Balaban J connectivity index is 0.000000137. The number of aromatic amines is 3. The minimum Gasteiger partial charge on any atom is -0.497 e. The smallest absolute Gasteiger partial charge is 0.167 e. The summed E-state index contributed by atoms with van der Waals surface area (Å²) in [7, 11) is 1.69. The average Bonchev–Trinajstić information content (AvgIpc) is 4.09. The second-order valence-electron chi connectivity index (χ2n) is 23.0. The fourth-order valence-electron chi connectivity index (χ4n) is 7.99. The number of aryl methyl sites for hydroxylation is 3. The zero-order valence-electron chi connectivity index (χ0n) is 42.9. The van der Waals surface area contributed by atoms with E-state index in [0.29, 0.717) is 0 Å². The predicted molar refractivity (Wildman–Crippen MR) is 272 cm³/mol. The molecule has 354 valence electrons. The SMILES string of the molecule is CC(C)(C)c1cc2n(n1)CCC2.CC(C)(C)c1cnc2[nH]ccc2n1.CC(C)(C)c1n[nH]c2c1CCCC2.CC(C)(C)c1noc2ccccc12.COc1ccc2[nH]c(C(C)(C)C)cc2c1. The third kappa shape index (κ3) is 12.4. The number of aromatic nitrogens is 9. The molecule has 0 atom stereocenters. The predicted octanol–water partition coefficient (Wildman–Crippen LogP) is 13.6. The van der Waals surface area contributed by atoms with Crippen LogP contribution in [0.5, 0.6) is 5.75 Å². The van der Waals surface area contributed by atoms with E-state index in [1.165, 1.54) is 83.5 Å². The van der Waals surface area contributed by atoms with Crippen LogP contribution in [0.1, 0.15) is 169 Å². The summed E-state index contributed by atoms with van der Waals surface area (Å²) >= 11 is 0. The highest BCUT2D eigenvalue weighted by atomic mass is 16.5. The van der Waals surface area contributed by atoms with Crippen molar-refractivity contribution in [1.82, 2.24) is 45.1 Å². The number of benzene rings is 2. The molecular weight excluding hydrogens is 819 g/mol. The number of ether oxygens (including phenoxy) is 1. The molecule has 7 heterocycles. The van der Waals surface area contributed by atoms with Crippen LogP contribution in [0.2, 0.25) is 0 Å². The minimum atomic E-state index is 0.0482. The monoisotopic (exact) mass is 896 g/mol. The molecule has 0 spiro atoms. The summed E-state index contributed by atoms with van der Waals surface area (Å²) in [6.45, 7) is 33.9. The third-order valence-electron chi connectivity index (χ3n) is 12.0. The Bertz CT molecular complexity index is 2790. The van der Waals surface area contributed by atoms with Gasteiger partial charge in [-0.15, -0.1) is 0 Å². The molecular formula is C55H77N9O2. The van der Waals surface area contributed by atoms with Crippen molar-refractivity contribution in [2.45, 2.75) is 176 Å². The Morgan fingerprint density at radius 3 is 2.03 bits per heavy atom. The molecule has 66 heavy (non-hydrogen) atoms. The summed E-state index contributed by atoms with van der Waals surface area (Å²) in [4.78, 5) is 15.3. The molecule has 2 aromatic carbocycles. The quantitative estimate of drug-likeness (QED) is 0.149. The van der Waals surface area contributed by atoms with Gasteiger partial charge in [-0.05, 0) is 92.6 Å². The molecule has 1 aliphatic carbocycles. The van der Waals surface area contributed by atoms with E-state index in [4.69, 9.17) is 9.26 Å². The van der Waals surface area contributed by atoms with Crippen LogP contribution in [0, 0.1) is 0 Å². The van der Waals surface area contributed by atoms with Gasteiger partial charge in [-0.25, -0.2) is 9.97 Å². The van der Waals surface area contributed by atoms with Gasteiger partial charge in [0, 0.05) is 73.2 Å². The zero-order valence-corrected chi connectivity index (χ0v) is 42.9. The fraction of sp³-hybridized carbons (Fsp3) is 0.509. The van der Waals surface area contributed by atoms with Crippen molar-refractivity contribution in [3.8, 4) is 5.75 Å². The van der Waals surface area contributed by atoms with Crippen molar-refractivity contribution in [2.24, 2.45) is 0 Å². The number of para-hydroxylation sites is 1. The molecule has 6 aromatic heterocycles. The Labute approximate surface area is 393 Å². The first kappa shape index (κ1) is 49.7. The largest absolute Gasteiger partial charge is 0.497 e. The molecule has 0 fully saturated rings. The van der Waals surface area contributed by atoms with E-state index in [2.05, 4.69) is 173 Å². The van der Waals surface area contributed by atoms with Crippen LogP contribution >= 0.6 is 0 Å². The van der Waals surface area contributed by atoms with Gasteiger partial charge in [-0.1, -0.05) is 121 Å². The van der Waals surface area contributed by atoms with Crippen molar-refractivity contribution in [2.75, 3.05) is 7.11 Å². The van der Waals surface area contributed by atoms with Crippen LogP contribution in [0.4, 0.5) is 0 Å². The fourth-order valence-corrected chi connectivity index (χ4v) is 7.99. The van der Waals surface area contributed by atoms with E-state index in [1.54, 1.807) is 7.11 Å². The van der Waals surface area contributed by atoms with Crippen molar-refractivity contribution >= 4 is 33.0 Å². The van der Waals surface area contributed by atoms with Gasteiger partial charge in [0.05, 0.1) is 36.1 Å². The highest BCUT2D eigenvalue weighted by molar-refractivity contribution is 5.82. The molecule has 0 unspecified atom stereocenters. The van der Waals surface area contributed by atoms with Crippen LogP contribution in [-0.4, -0.2) is 52.2 Å². The lowest BCUT2D eigenvalue weighted by Crippen LogP contribution is -2.15. The van der Waals surface area contributed by atoms with E-state index in [9.17, 15) is 0 Å². The summed E-state index contributed by atoms with van der Waals surface area (Å²) < 4.78 is 12.6. The number of hydrogen-bond donors (Lipinski definition) is 3. The molecule has 0 saturated heterocycles. The molecule has 11 nitrogen and oxygen atoms in total. The van der Waals surface area contributed by atoms with Crippen LogP contribution < -0.4 is 4.74 Å². The molecule has 8 aromatic rings. The summed E-state index contributed by atoms with van der Waals surface area (Å²) in [5.74, 6) is 0.905. The molecule has 0 amide bonds. The Morgan fingerprint density at radius 1 is 0.682 bits per heavy atom. The molecule has 0 bridgehead atoms. The van der Waals surface area contributed by atoms with E-state index in [-0.39, 0.29) is 27.1 Å². The Hall–Kier alpha value is -5.71. The molecule has 11 heteroatoms. The van der Waals surface area contributed by atoms with Crippen molar-refractivity contribution in [3.05, 3.63) is 118 Å². The second kappa shape index (κ2) is 19.6. The lowest BCUT2D eigenvalue weighted by atomic mass is 9.85. The van der Waals surface area contributed by atoms with Gasteiger partial charge >= 0.3 is 0 Å². The van der Waals surface area contributed by atoms with Crippen molar-refractivity contribution in [3.63, 3.8) is 0 Å². The second-order valence-corrected chi connectivity index (χ2v) is 23.0. The molecule has 3 N–H and O–H groups in total. The van der Waals surface area contributed by atoms with Gasteiger partial charge in [-0.2, -0.15) is 10.2 Å². The average molecular weight is 896 g/mol. The number of nitrogens with zero attached hydrogens (tertiary/aromatic N) is 6. The number of rotatable bonds is 1. The first-order chi connectivity index (χ1) is 30.8. The van der Waals surface area contributed by atoms with E-state index >= 15 is 0 Å². The van der Waals surface area contributed by atoms with Gasteiger partial charge < -0.3 is 19.2 Å². The molecule has 1 aliphatic heterocycles. The number of nitrogens with one attached hydrogen (secondary N) is 3. The van der Waals surface area contributed by atoms with Gasteiger partial charge in [0.25, 0.3) is 0 Å². The summed E-state index contributed by atoms with van der Waals surface area (Å²) in [5, 5.41) is 18.6. The number of hydrogen-bond acceptors (Lipinski definition) is 7. The number of H-pyrrole nitrogens is 3. The van der Waals surface area contributed by atoms with Crippen LogP contribution in [0.25, 0.3) is 33.0 Å². The highest BCUT2D eigenvalue weighted by Gasteiger charge is 2.26. The summed E-state index contributed by atoms with van der Waals surface area (Å²) in [6.07, 6.45) is 11.2. The van der Waals surface area contributed by atoms with Gasteiger partial charge in [0.1, 0.15) is 11.3 Å². The molecule has 10 rings (SSSR count). The maximum Gasteiger partial charge on any atom is 0.167 e. The van der Waals surface area contributed by atoms with Gasteiger partial charge in [0.2, 0.25) is 0 Å². The first-order valence-corrected chi connectivity index (χ1v) is 23.8. The van der Waals surface area contributed by atoms with E-state index in [1.807, 2.05) is 48.8 Å². The van der Waals surface area contributed by atoms with Gasteiger partial charge in [-0.3, -0.25) is 9.78 Å². The van der Waals surface area contributed by atoms with E-state index < -0.39 is 0 Å². The minimum absolute atomic E-state index is 0.0482. The normalized spacial score (nSPS) is 13.9. The Kier molecular flexibility index (Phi) is 14.8. The standard InChI is InChI=1S/C13H17NO.C11H18N2.C11H13NO.C10H13N3.C10H16N2/c1-13(2,3)12-8-9-7-10(15-4)5-6-11(9)14-12;1-11(2,3)10-8-6-4-5-7-9(8)12-13-10;1-11(2,3)10-8-6-4-5-7-9(8)13-12-10;1-10(2,3)8-6-12-9-7(13-8)4-5-11-9;1-10(2,3)9-7-8-5-4-6-12(8)11-9/h5-8,14H,1-4H3;4-7H2,1-3H3,(H,12,13);4-7H,1-3H3;4-6H,1-3H3,(H,11,12);7H,4-6H2,1-3H3. The Morgan fingerprint density at radius 2 is 1.38 bits per heavy atom. The van der Waals surface area contributed by atoms with Crippen LogP contribution in [-0.2, 0) is 52.9 Å². The summed E-state index contributed by atoms with van der Waals surface area (Å²) in [6, 6.07) is 20.4. The topological polar surface area (TPSA) is 139 Å². The van der Waals surface area contributed by atoms with Crippen molar-refractivity contribution < 1.29 is 9.26 Å². The molecule has 0 radical (unpaired) electrons. The number of methoxy groups -OCH3 is 1. The van der Waals surface area contributed by atoms with Crippen LogP contribution in [0.3, 0.4) is 0 Å². The van der Waals surface area contributed by atoms with Crippen molar-refractivity contribution in [1.29, 1.82) is 0 Å². The highest BCUT2D eigenvalue weighted by Crippen LogP contribution is 2.32. The van der Waals surface area contributed by atoms with E-state index in [0.717, 1.165) is 45.8 Å². The lowest BCUT2D eigenvalue weighted by Gasteiger charge is -2.19. The number of fused-ring (bicyclic) bond motifs is 5. The zero-order chi connectivity index (χ0) is 48.2. The lowest BCUT2D eigenvalue weighted by molar-refractivity contribution is 0.415. The van der Waals surface area contributed by atoms with Gasteiger partial charge in [0.15, 0.2) is 11.2 Å². The third-order valence-corrected chi connectivity index (χ3v) is 12.0. The first-order valence-electron chi connectivity index (χ1n) is 23.8.